The Bertz CT molecular complexity index is 552. The Kier molecular flexibility index (Phi) is 4.02. The van der Waals surface area contributed by atoms with Crippen molar-refractivity contribution < 1.29 is 9.53 Å². The minimum absolute atomic E-state index is 0.377. The molecule has 0 aliphatic heterocycles. The van der Waals surface area contributed by atoms with Gasteiger partial charge in [0.15, 0.2) is 0 Å². The van der Waals surface area contributed by atoms with Crippen LogP contribution in [0, 0.1) is 0 Å². The highest BCUT2D eigenvalue weighted by Gasteiger charge is 2.08. The molecule has 6 heteroatoms. The zero-order valence-electron chi connectivity index (χ0n) is 10.7. The van der Waals surface area contributed by atoms with Crippen LogP contribution in [-0.4, -0.2) is 29.2 Å². The van der Waals surface area contributed by atoms with Crippen molar-refractivity contribution >= 4 is 17.3 Å². The van der Waals surface area contributed by atoms with E-state index >= 15 is 0 Å². The van der Waals surface area contributed by atoms with Gasteiger partial charge in [0.2, 0.25) is 0 Å². The number of esters is 1. The van der Waals surface area contributed by atoms with Crippen LogP contribution in [0.25, 0.3) is 0 Å². The van der Waals surface area contributed by atoms with Gasteiger partial charge in [-0.1, -0.05) is 0 Å². The summed E-state index contributed by atoms with van der Waals surface area (Å²) in [6.45, 7) is 1.45. The third-order valence-electron chi connectivity index (χ3n) is 2.72. The van der Waals surface area contributed by atoms with Gasteiger partial charge in [0.25, 0.3) is 0 Å². The Balaban J connectivity index is 2.00. The summed E-state index contributed by atoms with van der Waals surface area (Å²) in [5, 5.41) is 3.19. The maximum atomic E-state index is 11.4. The van der Waals surface area contributed by atoms with Crippen molar-refractivity contribution in [3.05, 3.63) is 42.5 Å². The smallest absolute Gasteiger partial charge is 0.337 e. The molecular formula is C13H16N4O2. The highest BCUT2D eigenvalue weighted by Crippen LogP contribution is 2.20. The molecule has 2 rings (SSSR count). The lowest BCUT2D eigenvalue weighted by atomic mass is 10.1. The quantitative estimate of drug-likeness (QED) is 0.626. The number of nitrogens with two attached hydrogens (primary N) is 1. The summed E-state index contributed by atoms with van der Waals surface area (Å²) in [6.07, 6.45) is 5.36. The number of rotatable bonds is 5. The topological polar surface area (TPSA) is 82.2 Å². The standard InChI is InChI=1S/C13H16N4O2/c1-19-13(18)10-2-3-11(14)12(8-10)16-5-7-17-6-4-15-9-17/h2-4,6,8-9,16H,5,7,14H2,1H3. The van der Waals surface area contributed by atoms with Gasteiger partial charge >= 0.3 is 5.97 Å². The Hall–Kier alpha value is -2.50. The van der Waals surface area contributed by atoms with Gasteiger partial charge in [-0.2, -0.15) is 0 Å². The van der Waals surface area contributed by atoms with Gasteiger partial charge < -0.3 is 20.4 Å². The summed E-state index contributed by atoms with van der Waals surface area (Å²) in [5.41, 5.74) is 7.65. The molecule has 0 aliphatic rings. The molecule has 3 N–H and O–H groups in total. The molecule has 0 saturated heterocycles. The van der Waals surface area contributed by atoms with E-state index in [0.29, 0.717) is 17.8 Å². The molecule has 0 radical (unpaired) electrons. The summed E-state index contributed by atoms with van der Waals surface area (Å²) in [6, 6.07) is 5.02. The molecule has 0 bridgehead atoms. The molecule has 2 aromatic rings. The maximum Gasteiger partial charge on any atom is 0.337 e. The molecule has 0 fully saturated rings. The van der Waals surface area contributed by atoms with E-state index in [1.165, 1.54) is 7.11 Å². The van der Waals surface area contributed by atoms with E-state index in [4.69, 9.17) is 5.73 Å². The summed E-state index contributed by atoms with van der Waals surface area (Å²) < 4.78 is 6.63. The average molecular weight is 260 g/mol. The summed E-state index contributed by atoms with van der Waals surface area (Å²) in [7, 11) is 1.35. The van der Waals surface area contributed by atoms with Gasteiger partial charge in [-0.15, -0.1) is 0 Å². The van der Waals surface area contributed by atoms with E-state index in [2.05, 4.69) is 15.0 Å². The molecule has 1 aromatic carbocycles. The van der Waals surface area contributed by atoms with Crippen molar-refractivity contribution in [3.8, 4) is 0 Å². The summed E-state index contributed by atoms with van der Waals surface area (Å²) in [5.74, 6) is -0.377. The Morgan fingerprint density at radius 3 is 3.05 bits per heavy atom. The first-order valence-electron chi connectivity index (χ1n) is 5.88. The number of hydrogen-bond donors (Lipinski definition) is 2. The van der Waals surface area contributed by atoms with Crippen LogP contribution < -0.4 is 11.1 Å². The molecule has 100 valence electrons. The van der Waals surface area contributed by atoms with Crippen LogP contribution >= 0.6 is 0 Å². The van der Waals surface area contributed by atoms with Crippen molar-refractivity contribution in [2.75, 3.05) is 24.7 Å². The molecule has 0 atom stereocenters. The second-order valence-electron chi connectivity index (χ2n) is 4.02. The third kappa shape index (κ3) is 3.25. The highest BCUT2D eigenvalue weighted by molar-refractivity contribution is 5.91. The molecule has 19 heavy (non-hydrogen) atoms. The number of aromatic nitrogens is 2. The number of nitrogen functional groups attached to an aromatic ring is 1. The van der Waals surface area contributed by atoms with Gasteiger partial charge in [0, 0.05) is 25.5 Å². The molecular weight excluding hydrogens is 244 g/mol. The molecule has 1 aromatic heterocycles. The fourth-order valence-electron chi connectivity index (χ4n) is 1.69. The van der Waals surface area contributed by atoms with Crippen molar-refractivity contribution in [2.24, 2.45) is 0 Å². The fraction of sp³-hybridized carbons (Fsp3) is 0.231. The average Bonchev–Trinajstić information content (AvgIpc) is 2.93. The van der Waals surface area contributed by atoms with Crippen molar-refractivity contribution in [2.45, 2.75) is 6.54 Å². The number of nitrogens with zero attached hydrogens (tertiary/aromatic N) is 2. The van der Waals surface area contributed by atoms with E-state index in [-0.39, 0.29) is 5.97 Å². The monoisotopic (exact) mass is 260 g/mol. The normalized spacial score (nSPS) is 10.2. The summed E-state index contributed by atoms with van der Waals surface area (Å²) >= 11 is 0. The number of carbonyl (C=O) groups excluding carboxylic acids is 1. The maximum absolute atomic E-state index is 11.4. The van der Waals surface area contributed by atoms with E-state index in [1.807, 2.05) is 10.8 Å². The molecule has 0 saturated carbocycles. The van der Waals surface area contributed by atoms with Gasteiger partial charge in [0.1, 0.15) is 0 Å². The predicted molar refractivity (Wildman–Crippen MR) is 72.9 cm³/mol. The van der Waals surface area contributed by atoms with Crippen LogP contribution in [0.2, 0.25) is 0 Å². The number of imidazole rings is 1. The number of anilines is 2. The number of hydrogen-bond acceptors (Lipinski definition) is 5. The number of ether oxygens (including phenoxy) is 1. The van der Waals surface area contributed by atoms with E-state index < -0.39 is 0 Å². The second-order valence-corrected chi connectivity index (χ2v) is 4.02. The number of methoxy groups -OCH3 is 1. The van der Waals surface area contributed by atoms with Gasteiger partial charge in [-0.3, -0.25) is 0 Å². The largest absolute Gasteiger partial charge is 0.465 e. The number of carbonyl (C=O) groups is 1. The van der Waals surface area contributed by atoms with Crippen LogP contribution in [-0.2, 0) is 11.3 Å². The Morgan fingerprint density at radius 1 is 1.53 bits per heavy atom. The van der Waals surface area contributed by atoms with Crippen LogP contribution in [0.15, 0.2) is 36.9 Å². The molecule has 1 heterocycles. The zero-order chi connectivity index (χ0) is 13.7. The lowest BCUT2D eigenvalue weighted by Gasteiger charge is -2.11. The van der Waals surface area contributed by atoms with Crippen LogP contribution in [0.3, 0.4) is 0 Å². The van der Waals surface area contributed by atoms with Gasteiger partial charge in [-0.25, -0.2) is 9.78 Å². The fourth-order valence-corrected chi connectivity index (χ4v) is 1.69. The lowest BCUT2D eigenvalue weighted by Crippen LogP contribution is -2.11. The van der Waals surface area contributed by atoms with Gasteiger partial charge in [-0.05, 0) is 18.2 Å². The molecule has 0 unspecified atom stereocenters. The minimum Gasteiger partial charge on any atom is -0.465 e. The first-order chi connectivity index (χ1) is 9.20. The molecule has 6 nitrogen and oxygen atoms in total. The summed E-state index contributed by atoms with van der Waals surface area (Å²) in [4.78, 5) is 15.4. The Labute approximate surface area is 111 Å². The highest BCUT2D eigenvalue weighted by atomic mass is 16.5. The number of benzene rings is 1. The van der Waals surface area contributed by atoms with Crippen molar-refractivity contribution in [3.63, 3.8) is 0 Å². The van der Waals surface area contributed by atoms with Gasteiger partial charge in [0.05, 0.1) is 30.4 Å². The van der Waals surface area contributed by atoms with Crippen molar-refractivity contribution in [1.82, 2.24) is 9.55 Å². The minimum atomic E-state index is -0.377. The van der Waals surface area contributed by atoms with Crippen LogP contribution in [0.4, 0.5) is 11.4 Å². The van der Waals surface area contributed by atoms with Crippen LogP contribution in [0.1, 0.15) is 10.4 Å². The molecule has 0 amide bonds. The van der Waals surface area contributed by atoms with E-state index in [0.717, 1.165) is 12.2 Å². The molecule has 0 aliphatic carbocycles. The third-order valence-corrected chi connectivity index (χ3v) is 2.72. The van der Waals surface area contributed by atoms with E-state index in [1.54, 1.807) is 30.7 Å². The first kappa shape index (κ1) is 12.9. The van der Waals surface area contributed by atoms with Crippen LogP contribution in [0.5, 0.6) is 0 Å². The second kappa shape index (κ2) is 5.90. The zero-order valence-corrected chi connectivity index (χ0v) is 10.7. The SMILES string of the molecule is COC(=O)c1ccc(N)c(NCCn2ccnc2)c1. The number of nitrogens with one attached hydrogen (secondary N) is 1. The predicted octanol–water partition coefficient (Wildman–Crippen LogP) is 1.36. The van der Waals surface area contributed by atoms with Crippen molar-refractivity contribution in [1.29, 1.82) is 0 Å². The molecule has 0 spiro atoms. The lowest BCUT2D eigenvalue weighted by molar-refractivity contribution is 0.0601. The first-order valence-corrected chi connectivity index (χ1v) is 5.88. The Morgan fingerprint density at radius 2 is 2.37 bits per heavy atom. The van der Waals surface area contributed by atoms with E-state index in [9.17, 15) is 4.79 Å².